The maximum atomic E-state index is 11.8. The third-order valence-corrected chi connectivity index (χ3v) is 4.16. The number of carbonyl (C=O) groups excluding carboxylic acids is 1. The predicted molar refractivity (Wildman–Crippen MR) is 72.5 cm³/mol. The summed E-state index contributed by atoms with van der Waals surface area (Å²) in [6.07, 6.45) is -0.188. The zero-order valence-corrected chi connectivity index (χ0v) is 11.6. The van der Waals surface area contributed by atoms with Crippen LogP contribution in [-0.4, -0.2) is 32.2 Å². The molecule has 0 aliphatic rings. The number of hydrogen-bond acceptors (Lipinski definition) is 7. The van der Waals surface area contributed by atoms with E-state index in [0.29, 0.717) is 16.8 Å². The average Bonchev–Trinajstić information content (AvgIpc) is 2.76. The van der Waals surface area contributed by atoms with Crippen LogP contribution in [0.25, 0.3) is 11.1 Å². The Balaban J connectivity index is 2.12. The van der Waals surface area contributed by atoms with Crippen LogP contribution in [0.4, 0.5) is 5.69 Å². The van der Waals surface area contributed by atoms with Gasteiger partial charge in [0.15, 0.2) is 15.4 Å². The van der Waals surface area contributed by atoms with Gasteiger partial charge in [0.2, 0.25) is 5.89 Å². The molecule has 7 nitrogen and oxygen atoms in total. The molecular weight excluding hydrogens is 284 g/mol. The summed E-state index contributed by atoms with van der Waals surface area (Å²) in [6.45, 7) is 0. The van der Waals surface area contributed by atoms with Crippen LogP contribution in [-0.2, 0) is 25.1 Å². The van der Waals surface area contributed by atoms with Gasteiger partial charge in [-0.2, -0.15) is 0 Å². The summed E-state index contributed by atoms with van der Waals surface area (Å²) in [5, 5.41) is 0. The molecule has 1 heterocycles. The van der Waals surface area contributed by atoms with Crippen molar-refractivity contribution < 1.29 is 22.4 Å². The lowest BCUT2D eigenvalue weighted by molar-refractivity contribution is -0.140. The van der Waals surface area contributed by atoms with E-state index in [-0.39, 0.29) is 23.8 Å². The maximum absolute atomic E-state index is 11.8. The van der Waals surface area contributed by atoms with Gasteiger partial charge in [-0.25, -0.2) is 13.4 Å². The number of carbonyl (C=O) groups is 1. The second kappa shape index (κ2) is 5.49. The van der Waals surface area contributed by atoms with E-state index in [1.165, 1.54) is 7.11 Å². The van der Waals surface area contributed by atoms with Gasteiger partial charge in [-0.3, -0.25) is 4.79 Å². The van der Waals surface area contributed by atoms with Crippen LogP contribution in [0.15, 0.2) is 22.6 Å². The number of rotatable bonds is 5. The molecule has 108 valence electrons. The second-order valence-electron chi connectivity index (χ2n) is 4.25. The highest BCUT2D eigenvalue weighted by Gasteiger charge is 2.18. The number of anilines is 1. The molecule has 2 aromatic rings. The molecule has 0 amide bonds. The molecule has 0 unspecified atom stereocenters. The van der Waals surface area contributed by atoms with E-state index in [4.69, 9.17) is 10.2 Å². The molecule has 1 aromatic heterocycles. The van der Waals surface area contributed by atoms with Crippen LogP contribution in [0.1, 0.15) is 12.3 Å². The highest BCUT2D eigenvalue weighted by Crippen LogP contribution is 2.19. The van der Waals surface area contributed by atoms with Crippen molar-refractivity contribution >= 4 is 32.6 Å². The molecule has 2 N–H and O–H groups in total. The number of aromatic nitrogens is 1. The Hall–Kier alpha value is -2.09. The van der Waals surface area contributed by atoms with E-state index in [9.17, 15) is 13.2 Å². The molecule has 0 saturated carbocycles. The van der Waals surface area contributed by atoms with E-state index in [1.54, 1.807) is 18.2 Å². The van der Waals surface area contributed by atoms with E-state index in [2.05, 4.69) is 9.72 Å². The van der Waals surface area contributed by atoms with Gasteiger partial charge >= 0.3 is 5.97 Å². The summed E-state index contributed by atoms with van der Waals surface area (Å²) >= 11 is 0. The van der Waals surface area contributed by atoms with Crippen LogP contribution >= 0.6 is 0 Å². The molecule has 0 fully saturated rings. The number of oxazole rings is 1. The second-order valence-corrected chi connectivity index (χ2v) is 6.44. The van der Waals surface area contributed by atoms with Gasteiger partial charge in [0.1, 0.15) is 11.3 Å². The molecule has 2 rings (SSSR count). The molecular formula is C12H14N2O5S. The number of methoxy groups -OCH3 is 1. The number of sulfone groups is 1. The topological polar surface area (TPSA) is 112 Å². The smallest absolute Gasteiger partial charge is 0.306 e. The first kappa shape index (κ1) is 14.3. The third kappa shape index (κ3) is 3.47. The molecule has 0 aliphatic carbocycles. The maximum Gasteiger partial charge on any atom is 0.306 e. The SMILES string of the molecule is COC(=O)CCS(=O)(=O)Cc1nc2ccc(N)cc2o1. The summed E-state index contributed by atoms with van der Waals surface area (Å²) in [5.41, 5.74) is 7.08. The Labute approximate surface area is 115 Å². The van der Waals surface area contributed by atoms with Crippen molar-refractivity contribution in [2.24, 2.45) is 0 Å². The summed E-state index contributed by atoms with van der Waals surface area (Å²) in [4.78, 5) is 15.0. The zero-order valence-electron chi connectivity index (χ0n) is 10.8. The number of esters is 1. The quantitative estimate of drug-likeness (QED) is 0.644. The molecule has 0 aliphatic heterocycles. The highest BCUT2D eigenvalue weighted by molar-refractivity contribution is 7.90. The first-order valence-electron chi connectivity index (χ1n) is 5.82. The number of benzene rings is 1. The lowest BCUT2D eigenvalue weighted by Gasteiger charge is -2.00. The van der Waals surface area contributed by atoms with Crippen molar-refractivity contribution in [3.63, 3.8) is 0 Å². The summed E-state index contributed by atoms with van der Waals surface area (Å²) in [6, 6.07) is 4.88. The molecule has 8 heteroatoms. The standard InChI is InChI=1S/C12H14N2O5S/c1-18-12(15)4-5-20(16,17)7-11-14-9-3-2-8(13)6-10(9)19-11/h2-3,6H,4-5,7,13H2,1H3. The van der Waals surface area contributed by atoms with Crippen LogP contribution < -0.4 is 5.73 Å². The Bertz CT molecular complexity index is 735. The van der Waals surface area contributed by atoms with E-state index < -0.39 is 15.8 Å². The number of nitrogens with two attached hydrogens (primary N) is 1. The summed E-state index contributed by atoms with van der Waals surface area (Å²) in [5.74, 6) is -1.16. The van der Waals surface area contributed by atoms with E-state index in [0.717, 1.165) is 0 Å². The summed E-state index contributed by atoms with van der Waals surface area (Å²) < 4.78 is 33.4. The Morgan fingerprint density at radius 1 is 1.45 bits per heavy atom. The zero-order chi connectivity index (χ0) is 14.8. The van der Waals surface area contributed by atoms with Crippen molar-refractivity contribution in [3.05, 3.63) is 24.1 Å². The normalized spacial score (nSPS) is 11.7. The predicted octanol–water partition coefficient (Wildman–Crippen LogP) is 0.888. The molecule has 0 spiro atoms. The van der Waals surface area contributed by atoms with Crippen molar-refractivity contribution in [1.29, 1.82) is 0 Å². The first-order chi connectivity index (χ1) is 9.39. The molecule has 1 aromatic carbocycles. The lowest BCUT2D eigenvalue weighted by atomic mass is 10.3. The number of ether oxygens (including phenoxy) is 1. The van der Waals surface area contributed by atoms with Crippen molar-refractivity contribution in [3.8, 4) is 0 Å². The molecule has 0 radical (unpaired) electrons. The van der Waals surface area contributed by atoms with Crippen molar-refractivity contribution in [1.82, 2.24) is 4.98 Å². The Kier molecular flexibility index (Phi) is 3.93. The summed E-state index contributed by atoms with van der Waals surface area (Å²) in [7, 11) is -2.28. The van der Waals surface area contributed by atoms with Crippen LogP contribution in [0.5, 0.6) is 0 Å². The van der Waals surface area contributed by atoms with Crippen LogP contribution in [0.3, 0.4) is 0 Å². The fourth-order valence-corrected chi connectivity index (χ4v) is 2.77. The van der Waals surface area contributed by atoms with Crippen LogP contribution in [0.2, 0.25) is 0 Å². The van der Waals surface area contributed by atoms with E-state index >= 15 is 0 Å². The lowest BCUT2D eigenvalue weighted by Crippen LogP contribution is -2.14. The largest absolute Gasteiger partial charge is 0.469 e. The fraction of sp³-hybridized carbons (Fsp3) is 0.333. The van der Waals surface area contributed by atoms with Gasteiger partial charge in [0, 0.05) is 11.8 Å². The van der Waals surface area contributed by atoms with Gasteiger partial charge in [-0.05, 0) is 12.1 Å². The van der Waals surface area contributed by atoms with Gasteiger partial charge in [-0.15, -0.1) is 0 Å². The Morgan fingerprint density at radius 2 is 2.20 bits per heavy atom. The number of nitrogen functional groups attached to an aromatic ring is 1. The first-order valence-corrected chi connectivity index (χ1v) is 7.64. The van der Waals surface area contributed by atoms with Gasteiger partial charge < -0.3 is 14.9 Å². The fourth-order valence-electron chi connectivity index (χ4n) is 1.65. The minimum atomic E-state index is -3.49. The Morgan fingerprint density at radius 3 is 2.90 bits per heavy atom. The molecule has 20 heavy (non-hydrogen) atoms. The monoisotopic (exact) mass is 298 g/mol. The average molecular weight is 298 g/mol. The van der Waals surface area contributed by atoms with Gasteiger partial charge in [0.05, 0.1) is 19.3 Å². The molecule has 0 saturated heterocycles. The minimum Gasteiger partial charge on any atom is -0.469 e. The molecule has 0 bridgehead atoms. The van der Waals surface area contributed by atoms with E-state index in [1.807, 2.05) is 0 Å². The van der Waals surface area contributed by atoms with Gasteiger partial charge in [-0.1, -0.05) is 0 Å². The van der Waals surface area contributed by atoms with Crippen LogP contribution in [0, 0.1) is 0 Å². The minimum absolute atomic E-state index is 0.0791. The van der Waals surface area contributed by atoms with Crippen molar-refractivity contribution in [2.45, 2.75) is 12.2 Å². The third-order valence-electron chi connectivity index (χ3n) is 2.65. The van der Waals surface area contributed by atoms with Gasteiger partial charge in [0.25, 0.3) is 0 Å². The van der Waals surface area contributed by atoms with Crippen molar-refractivity contribution in [2.75, 3.05) is 18.6 Å². The number of nitrogens with zero attached hydrogens (tertiary/aromatic N) is 1. The number of fused-ring (bicyclic) bond motifs is 1. The molecule has 0 atom stereocenters. The highest BCUT2D eigenvalue weighted by atomic mass is 32.2. The number of hydrogen-bond donors (Lipinski definition) is 1.